The van der Waals surface area contributed by atoms with Gasteiger partial charge in [0.15, 0.2) is 11.5 Å². The number of fused-ring (bicyclic) bond motifs is 1. The fourth-order valence-electron chi connectivity index (χ4n) is 2.11. The van der Waals surface area contributed by atoms with E-state index in [1.54, 1.807) is 18.4 Å². The number of methoxy groups -OCH3 is 1. The molecule has 20 heavy (non-hydrogen) atoms. The van der Waals surface area contributed by atoms with E-state index in [0.29, 0.717) is 6.61 Å². The third-order valence-electron chi connectivity index (χ3n) is 3.08. The maximum absolute atomic E-state index is 6.27. The molecule has 4 heteroatoms. The molecule has 0 saturated carbocycles. The summed E-state index contributed by atoms with van der Waals surface area (Å²) >= 11 is 7.95. The van der Waals surface area contributed by atoms with Crippen LogP contribution in [0.1, 0.15) is 5.56 Å². The van der Waals surface area contributed by atoms with Gasteiger partial charge in [-0.25, -0.2) is 0 Å². The highest BCUT2D eigenvalue weighted by Gasteiger charge is 2.09. The van der Waals surface area contributed by atoms with E-state index in [-0.39, 0.29) is 0 Å². The topological polar surface area (TPSA) is 18.5 Å². The fourth-order valence-corrected chi connectivity index (χ4v) is 3.43. The summed E-state index contributed by atoms with van der Waals surface area (Å²) in [4.78, 5) is 0. The van der Waals surface area contributed by atoms with E-state index < -0.39 is 0 Å². The summed E-state index contributed by atoms with van der Waals surface area (Å²) in [5.41, 5.74) is 1.10. The summed E-state index contributed by atoms with van der Waals surface area (Å²) in [5.74, 6) is 1.47. The molecule has 0 atom stereocenters. The standard InChI is InChI=1S/C16H13ClO2S/c1-18-13-6-2-3-7-14(13)19-9-11-10-20-15-8-4-5-12(17)16(11)15/h2-8,10H,9H2,1H3. The van der Waals surface area contributed by atoms with Crippen molar-refractivity contribution in [2.24, 2.45) is 0 Å². The largest absolute Gasteiger partial charge is 0.493 e. The van der Waals surface area contributed by atoms with E-state index in [4.69, 9.17) is 21.1 Å². The Kier molecular flexibility index (Phi) is 3.81. The highest BCUT2D eigenvalue weighted by atomic mass is 35.5. The first-order chi connectivity index (χ1) is 9.79. The maximum Gasteiger partial charge on any atom is 0.161 e. The van der Waals surface area contributed by atoms with Crippen molar-refractivity contribution in [3.63, 3.8) is 0 Å². The molecule has 1 heterocycles. The van der Waals surface area contributed by atoms with Gasteiger partial charge in [-0.1, -0.05) is 29.8 Å². The van der Waals surface area contributed by atoms with Crippen LogP contribution >= 0.6 is 22.9 Å². The minimum Gasteiger partial charge on any atom is -0.493 e. The van der Waals surface area contributed by atoms with Gasteiger partial charge in [0.2, 0.25) is 0 Å². The third-order valence-corrected chi connectivity index (χ3v) is 4.39. The summed E-state index contributed by atoms with van der Waals surface area (Å²) in [5, 5.41) is 3.93. The summed E-state index contributed by atoms with van der Waals surface area (Å²) in [6, 6.07) is 13.6. The molecule has 0 fully saturated rings. The third kappa shape index (κ3) is 2.47. The predicted octanol–water partition coefficient (Wildman–Crippen LogP) is 5.14. The zero-order chi connectivity index (χ0) is 13.9. The van der Waals surface area contributed by atoms with E-state index >= 15 is 0 Å². The molecule has 2 aromatic carbocycles. The molecule has 0 unspecified atom stereocenters. The zero-order valence-electron chi connectivity index (χ0n) is 10.9. The van der Waals surface area contributed by atoms with Gasteiger partial charge in [0, 0.05) is 20.7 Å². The van der Waals surface area contributed by atoms with Gasteiger partial charge < -0.3 is 9.47 Å². The van der Waals surface area contributed by atoms with Crippen molar-refractivity contribution >= 4 is 33.0 Å². The van der Waals surface area contributed by atoms with Crippen LogP contribution in [0.4, 0.5) is 0 Å². The number of thiophene rings is 1. The molecule has 3 aromatic rings. The average molecular weight is 305 g/mol. The molecule has 0 spiro atoms. The normalized spacial score (nSPS) is 10.7. The minimum absolute atomic E-state index is 0.476. The molecule has 0 amide bonds. The molecular formula is C16H13ClO2S. The highest BCUT2D eigenvalue weighted by molar-refractivity contribution is 7.17. The van der Waals surface area contributed by atoms with Crippen LogP contribution in [0.3, 0.4) is 0 Å². The summed E-state index contributed by atoms with van der Waals surface area (Å²) in [7, 11) is 1.64. The van der Waals surface area contributed by atoms with Crippen LogP contribution in [-0.4, -0.2) is 7.11 Å². The molecule has 0 aliphatic rings. The van der Waals surface area contributed by atoms with Crippen molar-refractivity contribution < 1.29 is 9.47 Å². The number of hydrogen-bond acceptors (Lipinski definition) is 3. The highest BCUT2D eigenvalue weighted by Crippen LogP contribution is 2.33. The summed E-state index contributed by atoms with van der Waals surface area (Å²) < 4.78 is 12.3. The fraction of sp³-hybridized carbons (Fsp3) is 0.125. The molecular weight excluding hydrogens is 292 g/mol. The Labute approximate surface area is 126 Å². The van der Waals surface area contributed by atoms with E-state index in [0.717, 1.165) is 27.5 Å². The lowest BCUT2D eigenvalue weighted by Gasteiger charge is -2.10. The van der Waals surface area contributed by atoms with Crippen LogP contribution in [0, 0.1) is 0 Å². The van der Waals surface area contributed by atoms with Crippen LogP contribution in [-0.2, 0) is 6.61 Å². The lowest BCUT2D eigenvalue weighted by atomic mass is 10.2. The number of benzene rings is 2. The Bertz CT molecular complexity index is 736. The number of hydrogen-bond donors (Lipinski definition) is 0. The summed E-state index contributed by atoms with van der Waals surface area (Å²) in [6.07, 6.45) is 0. The van der Waals surface area contributed by atoms with E-state index in [1.165, 1.54) is 4.70 Å². The zero-order valence-corrected chi connectivity index (χ0v) is 12.5. The number of halogens is 1. The van der Waals surface area contributed by atoms with Gasteiger partial charge in [0.25, 0.3) is 0 Å². The second-order valence-corrected chi connectivity index (χ2v) is 5.63. The summed E-state index contributed by atoms with van der Waals surface area (Å²) in [6.45, 7) is 0.476. The molecule has 102 valence electrons. The monoisotopic (exact) mass is 304 g/mol. The first-order valence-electron chi connectivity index (χ1n) is 6.20. The van der Waals surface area contributed by atoms with Crippen LogP contribution in [0.2, 0.25) is 5.02 Å². The van der Waals surface area contributed by atoms with Crippen LogP contribution < -0.4 is 9.47 Å². The SMILES string of the molecule is COc1ccccc1OCc1csc2cccc(Cl)c12. The Balaban J connectivity index is 1.87. The van der Waals surface area contributed by atoms with Crippen LogP contribution in [0.25, 0.3) is 10.1 Å². The van der Waals surface area contributed by atoms with E-state index in [1.807, 2.05) is 36.4 Å². The average Bonchev–Trinajstić information content (AvgIpc) is 2.90. The predicted molar refractivity (Wildman–Crippen MR) is 84.2 cm³/mol. The van der Waals surface area contributed by atoms with Gasteiger partial charge in [-0.05, 0) is 29.6 Å². The Morgan fingerprint density at radius 3 is 2.65 bits per heavy atom. The van der Waals surface area contributed by atoms with Crippen LogP contribution in [0.15, 0.2) is 47.8 Å². The minimum atomic E-state index is 0.476. The molecule has 3 rings (SSSR count). The van der Waals surface area contributed by atoms with Gasteiger partial charge in [0.05, 0.1) is 7.11 Å². The Morgan fingerprint density at radius 2 is 1.85 bits per heavy atom. The molecule has 0 N–H and O–H groups in total. The Morgan fingerprint density at radius 1 is 1.05 bits per heavy atom. The van der Waals surface area contributed by atoms with Crippen molar-refractivity contribution in [2.75, 3.05) is 7.11 Å². The maximum atomic E-state index is 6.27. The van der Waals surface area contributed by atoms with Crippen molar-refractivity contribution in [2.45, 2.75) is 6.61 Å². The van der Waals surface area contributed by atoms with Crippen molar-refractivity contribution in [1.82, 2.24) is 0 Å². The van der Waals surface area contributed by atoms with E-state index in [2.05, 4.69) is 11.4 Å². The van der Waals surface area contributed by atoms with Crippen LogP contribution in [0.5, 0.6) is 11.5 Å². The van der Waals surface area contributed by atoms with Gasteiger partial charge >= 0.3 is 0 Å². The van der Waals surface area contributed by atoms with Crippen molar-refractivity contribution in [3.05, 3.63) is 58.4 Å². The second-order valence-electron chi connectivity index (χ2n) is 4.31. The lowest BCUT2D eigenvalue weighted by Crippen LogP contribution is -1.96. The van der Waals surface area contributed by atoms with Gasteiger partial charge in [-0.2, -0.15) is 0 Å². The molecule has 1 aromatic heterocycles. The Hall–Kier alpha value is -1.71. The second kappa shape index (κ2) is 5.73. The van der Waals surface area contributed by atoms with E-state index in [9.17, 15) is 0 Å². The molecule has 0 aliphatic heterocycles. The van der Waals surface area contributed by atoms with Gasteiger partial charge in [-0.3, -0.25) is 0 Å². The molecule has 0 bridgehead atoms. The lowest BCUT2D eigenvalue weighted by molar-refractivity contribution is 0.286. The van der Waals surface area contributed by atoms with Gasteiger partial charge in [-0.15, -0.1) is 11.3 Å². The first kappa shape index (κ1) is 13.3. The molecule has 0 radical (unpaired) electrons. The smallest absolute Gasteiger partial charge is 0.161 e. The first-order valence-corrected chi connectivity index (χ1v) is 7.46. The molecule has 0 aliphatic carbocycles. The number of para-hydroxylation sites is 2. The van der Waals surface area contributed by atoms with Gasteiger partial charge in [0.1, 0.15) is 6.61 Å². The quantitative estimate of drug-likeness (QED) is 0.664. The van der Waals surface area contributed by atoms with Crippen molar-refractivity contribution in [1.29, 1.82) is 0 Å². The van der Waals surface area contributed by atoms with Crippen molar-refractivity contribution in [3.8, 4) is 11.5 Å². The number of rotatable bonds is 4. The molecule has 2 nitrogen and oxygen atoms in total. The number of ether oxygens (including phenoxy) is 2. The molecule has 0 saturated heterocycles.